The molecular weight excluding hydrogens is 350 g/mol. The first-order chi connectivity index (χ1) is 13.3. The number of anilines is 2. The van der Waals surface area contributed by atoms with Gasteiger partial charge in [0.1, 0.15) is 0 Å². The molecule has 0 aromatic heterocycles. The van der Waals surface area contributed by atoms with E-state index in [0.29, 0.717) is 6.54 Å². The molecule has 5 heteroatoms. The molecule has 0 unspecified atom stereocenters. The molecule has 0 saturated carbocycles. The molecular formula is C23H31N3O2. The van der Waals surface area contributed by atoms with Crippen LogP contribution < -0.4 is 10.6 Å². The van der Waals surface area contributed by atoms with E-state index in [4.69, 9.17) is 0 Å². The van der Waals surface area contributed by atoms with Gasteiger partial charge in [0.15, 0.2) is 0 Å². The topological polar surface area (TPSA) is 61.4 Å². The third-order valence-electron chi connectivity index (χ3n) is 4.63. The van der Waals surface area contributed by atoms with E-state index >= 15 is 0 Å². The summed E-state index contributed by atoms with van der Waals surface area (Å²) in [6, 6.07) is 11.8. The number of hydrogen-bond acceptors (Lipinski definition) is 3. The molecule has 0 spiro atoms. The molecule has 2 N–H and O–H groups in total. The minimum absolute atomic E-state index is 0.104. The van der Waals surface area contributed by atoms with Crippen molar-refractivity contribution in [3.63, 3.8) is 0 Å². The summed E-state index contributed by atoms with van der Waals surface area (Å²) in [5, 5.41) is 5.95. The predicted molar refractivity (Wildman–Crippen MR) is 116 cm³/mol. The van der Waals surface area contributed by atoms with Crippen molar-refractivity contribution in [2.45, 2.75) is 41.0 Å². The van der Waals surface area contributed by atoms with E-state index in [1.54, 1.807) is 0 Å². The monoisotopic (exact) mass is 381 g/mol. The Labute approximate surface area is 168 Å². The molecule has 2 rings (SSSR count). The smallest absolute Gasteiger partial charge is 0.238 e. The summed E-state index contributed by atoms with van der Waals surface area (Å²) in [6.45, 7) is 11.1. The number of benzene rings is 2. The maximum Gasteiger partial charge on any atom is 0.238 e. The van der Waals surface area contributed by atoms with Gasteiger partial charge in [0.25, 0.3) is 0 Å². The summed E-state index contributed by atoms with van der Waals surface area (Å²) in [5.74, 6) is -0.217. The van der Waals surface area contributed by atoms with E-state index in [1.807, 2.05) is 63.8 Å². The molecule has 2 aromatic rings. The van der Waals surface area contributed by atoms with Crippen molar-refractivity contribution in [2.75, 3.05) is 30.3 Å². The van der Waals surface area contributed by atoms with Crippen molar-refractivity contribution in [2.24, 2.45) is 0 Å². The van der Waals surface area contributed by atoms with Crippen LogP contribution in [0, 0.1) is 27.7 Å². The van der Waals surface area contributed by atoms with Gasteiger partial charge in [-0.25, -0.2) is 0 Å². The van der Waals surface area contributed by atoms with Crippen LogP contribution in [0.25, 0.3) is 0 Å². The van der Waals surface area contributed by atoms with Gasteiger partial charge in [-0.1, -0.05) is 42.8 Å². The van der Waals surface area contributed by atoms with Gasteiger partial charge in [0.05, 0.1) is 13.1 Å². The fourth-order valence-electron chi connectivity index (χ4n) is 3.40. The third-order valence-corrected chi connectivity index (χ3v) is 4.63. The number of aryl methyl sites for hydroxylation is 4. The van der Waals surface area contributed by atoms with E-state index < -0.39 is 0 Å². The summed E-state index contributed by atoms with van der Waals surface area (Å²) in [6.07, 6.45) is 0.869. The summed E-state index contributed by atoms with van der Waals surface area (Å²) in [7, 11) is 0. The summed E-state index contributed by atoms with van der Waals surface area (Å²) in [4.78, 5) is 26.9. The second kappa shape index (κ2) is 10.0. The first kappa shape index (κ1) is 21.6. The Kier molecular flexibility index (Phi) is 7.76. The van der Waals surface area contributed by atoms with Crippen LogP contribution in [0.15, 0.2) is 36.4 Å². The zero-order chi connectivity index (χ0) is 20.7. The third kappa shape index (κ3) is 6.20. The molecule has 0 fully saturated rings. The van der Waals surface area contributed by atoms with Gasteiger partial charge in [-0.2, -0.15) is 0 Å². The molecule has 0 bridgehead atoms. The second-order valence-corrected chi connectivity index (χ2v) is 7.40. The van der Waals surface area contributed by atoms with Crippen molar-refractivity contribution in [3.8, 4) is 0 Å². The minimum Gasteiger partial charge on any atom is -0.325 e. The van der Waals surface area contributed by atoms with Gasteiger partial charge < -0.3 is 10.6 Å². The number of carbonyl (C=O) groups is 2. The molecule has 0 radical (unpaired) electrons. The van der Waals surface area contributed by atoms with E-state index in [1.165, 1.54) is 5.56 Å². The lowest BCUT2D eigenvalue weighted by Crippen LogP contribution is -2.39. The SMILES string of the molecule is CCCN(CC(=O)Nc1ccccc1C)CC(=O)Nc1c(C)cc(C)cc1C. The molecule has 28 heavy (non-hydrogen) atoms. The highest BCUT2D eigenvalue weighted by Crippen LogP contribution is 2.21. The van der Waals surface area contributed by atoms with Gasteiger partial charge >= 0.3 is 0 Å². The Morgan fingerprint density at radius 2 is 1.43 bits per heavy atom. The number of rotatable bonds is 8. The first-order valence-corrected chi connectivity index (χ1v) is 9.75. The van der Waals surface area contributed by atoms with Crippen molar-refractivity contribution < 1.29 is 9.59 Å². The molecule has 150 valence electrons. The largest absolute Gasteiger partial charge is 0.325 e. The Balaban J connectivity index is 1.99. The zero-order valence-corrected chi connectivity index (χ0v) is 17.6. The molecule has 0 atom stereocenters. The quantitative estimate of drug-likeness (QED) is 0.720. The highest BCUT2D eigenvalue weighted by Gasteiger charge is 2.16. The number of nitrogens with one attached hydrogen (secondary N) is 2. The Bertz CT molecular complexity index is 822. The maximum atomic E-state index is 12.6. The fourth-order valence-corrected chi connectivity index (χ4v) is 3.40. The lowest BCUT2D eigenvalue weighted by Gasteiger charge is -2.21. The van der Waals surface area contributed by atoms with E-state index in [-0.39, 0.29) is 24.9 Å². The summed E-state index contributed by atoms with van der Waals surface area (Å²) in [5.41, 5.74) is 5.94. The molecule has 0 aliphatic heterocycles. The van der Waals surface area contributed by atoms with Gasteiger partial charge in [0, 0.05) is 11.4 Å². The van der Waals surface area contributed by atoms with Crippen molar-refractivity contribution >= 4 is 23.2 Å². The zero-order valence-electron chi connectivity index (χ0n) is 17.6. The van der Waals surface area contributed by atoms with Crippen LogP contribution in [0.4, 0.5) is 11.4 Å². The van der Waals surface area contributed by atoms with Crippen molar-refractivity contribution in [3.05, 3.63) is 58.7 Å². The van der Waals surface area contributed by atoms with E-state index in [2.05, 4.69) is 22.8 Å². The Morgan fingerprint density at radius 1 is 0.857 bits per heavy atom. The van der Waals surface area contributed by atoms with Gasteiger partial charge in [-0.15, -0.1) is 0 Å². The number of para-hydroxylation sites is 1. The van der Waals surface area contributed by atoms with Gasteiger partial charge in [-0.05, 0) is 63.4 Å². The minimum atomic E-state index is -0.113. The molecule has 0 heterocycles. The number of nitrogens with zero attached hydrogens (tertiary/aromatic N) is 1. The highest BCUT2D eigenvalue weighted by atomic mass is 16.2. The fraction of sp³-hybridized carbons (Fsp3) is 0.391. The lowest BCUT2D eigenvalue weighted by atomic mass is 10.1. The first-order valence-electron chi connectivity index (χ1n) is 9.75. The van der Waals surface area contributed by atoms with Gasteiger partial charge in [0.2, 0.25) is 11.8 Å². The second-order valence-electron chi connectivity index (χ2n) is 7.40. The van der Waals surface area contributed by atoms with Crippen LogP contribution in [0.2, 0.25) is 0 Å². The summed E-state index contributed by atoms with van der Waals surface area (Å²) >= 11 is 0. The van der Waals surface area contributed by atoms with Crippen LogP contribution in [0.3, 0.4) is 0 Å². The normalized spacial score (nSPS) is 10.8. The molecule has 0 aliphatic carbocycles. The lowest BCUT2D eigenvalue weighted by molar-refractivity contribution is -0.120. The molecule has 2 aromatic carbocycles. The highest BCUT2D eigenvalue weighted by molar-refractivity contribution is 5.95. The summed E-state index contributed by atoms with van der Waals surface area (Å²) < 4.78 is 0. The average molecular weight is 382 g/mol. The molecule has 0 saturated heterocycles. The van der Waals surface area contributed by atoms with Crippen LogP contribution >= 0.6 is 0 Å². The maximum absolute atomic E-state index is 12.6. The van der Waals surface area contributed by atoms with Crippen molar-refractivity contribution in [1.82, 2.24) is 4.90 Å². The molecule has 0 aliphatic rings. The predicted octanol–water partition coefficient (Wildman–Crippen LogP) is 4.21. The Hall–Kier alpha value is -2.66. The van der Waals surface area contributed by atoms with Crippen molar-refractivity contribution in [1.29, 1.82) is 0 Å². The van der Waals surface area contributed by atoms with Crippen LogP contribution in [0.1, 0.15) is 35.6 Å². The molecule has 5 nitrogen and oxygen atoms in total. The van der Waals surface area contributed by atoms with Gasteiger partial charge in [-0.3, -0.25) is 14.5 Å². The van der Waals surface area contributed by atoms with E-state index in [9.17, 15) is 9.59 Å². The van der Waals surface area contributed by atoms with E-state index in [0.717, 1.165) is 34.5 Å². The van der Waals surface area contributed by atoms with Crippen LogP contribution in [-0.4, -0.2) is 36.3 Å². The number of amides is 2. The van der Waals surface area contributed by atoms with Crippen LogP contribution in [-0.2, 0) is 9.59 Å². The standard InChI is InChI=1S/C23H31N3O2/c1-6-11-26(14-21(27)24-20-10-8-7-9-17(20)3)15-22(28)25-23-18(4)12-16(2)13-19(23)5/h7-10,12-13H,6,11,14-15H2,1-5H3,(H,24,27)(H,25,28). The number of carbonyl (C=O) groups excluding carboxylic acids is 2. The Morgan fingerprint density at radius 3 is 2.00 bits per heavy atom. The van der Waals surface area contributed by atoms with Crippen LogP contribution in [0.5, 0.6) is 0 Å². The average Bonchev–Trinajstić information content (AvgIpc) is 2.60. The molecule has 2 amide bonds. The number of hydrogen-bond donors (Lipinski definition) is 2.